The van der Waals surface area contributed by atoms with Crippen LogP contribution in [0.1, 0.15) is 36.9 Å². The summed E-state index contributed by atoms with van der Waals surface area (Å²) in [6.07, 6.45) is 3.21. The summed E-state index contributed by atoms with van der Waals surface area (Å²) in [6, 6.07) is 0. The summed E-state index contributed by atoms with van der Waals surface area (Å²) in [6.45, 7) is 3.55. The first-order chi connectivity index (χ1) is 6.74. The zero-order valence-electron chi connectivity index (χ0n) is 8.45. The number of hydrogen-bond donors (Lipinski definition) is 1. The minimum absolute atomic E-state index is 0.0977. The maximum absolute atomic E-state index is 6.04. The van der Waals surface area contributed by atoms with Crippen LogP contribution in [0.2, 0.25) is 0 Å². The fraction of sp³-hybridized carbons (Fsp3) is 0.700. The SMILES string of the molecule is CCCOCc1nc(C2(N)CC2)cs1. The molecule has 0 saturated heterocycles. The number of hydrogen-bond acceptors (Lipinski definition) is 4. The molecular formula is C10H16N2OS. The molecule has 0 aliphatic heterocycles. The lowest BCUT2D eigenvalue weighted by Crippen LogP contribution is -2.19. The standard InChI is InChI=1S/C10H16N2OS/c1-2-5-13-6-9-12-8(7-14-9)10(11)3-4-10/h7H,2-6,11H2,1H3. The van der Waals surface area contributed by atoms with E-state index in [1.54, 1.807) is 11.3 Å². The lowest BCUT2D eigenvalue weighted by molar-refractivity contribution is 0.121. The molecule has 1 fully saturated rings. The van der Waals surface area contributed by atoms with Gasteiger partial charge >= 0.3 is 0 Å². The molecule has 0 spiro atoms. The molecule has 0 unspecified atom stereocenters. The maximum atomic E-state index is 6.04. The Bertz CT molecular complexity index is 307. The summed E-state index contributed by atoms with van der Waals surface area (Å²) in [5, 5.41) is 3.11. The van der Waals surface area contributed by atoms with E-state index in [-0.39, 0.29) is 5.54 Å². The van der Waals surface area contributed by atoms with Gasteiger partial charge in [0.2, 0.25) is 0 Å². The summed E-state index contributed by atoms with van der Waals surface area (Å²) >= 11 is 1.65. The van der Waals surface area contributed by atoms with Crippen LogP contribution in [0.3, 0.4) is 0 Å². The topological polar surface area (TPSA) is 48.1 Å². The molecule has 3 nitrogen and oxygen atoms in total. The maximum Gasteiger partial charge on any atom is 0.119 e. The van der Waals surface area contributed by atoms with Crippen molar-refractivity contribution in [3.63, 3.8) is 0 Å². The highest BCUT2D eigenvalue weighted by Gasteiger charge is 2.42. The lowest BCUT2D eigenvalue weighted by Gasteiger charge is -2.02. The molecule has 78 valence electrons. The smallest absolute Gasteiger partial charge is 0.119 e. The number of rotatable bonds is 5. The molecular weight excluding hydrogens is 196 g/mol. The highest BCUT2D eigenvalue weighted by Crippen LogP contribution is 2.42. The quantitative estimate of drug-likeness (QED) is 0.760. The van der Waals surface area contributed by atoms with Gasteiger partial charge < -0.3 is 10.5 Å². The third kappa shape index (κ3) is 2.13. The molecule has 1 heterocycles. The molecule has 1 saturated carbocycles. The minimum atomic E-state index is -0.0977. The van der Waals surface area contributed by atoms with Gasteiger partial charge in [-0.25, -0.2) is 4.98 Å². The van der Waals surface area contributed by atoms with Gasteiger partial charge in [0.1, 0.15) is 5.01 Å². The van der Waals surface area contributed by atoms with Crippen molar-refractivity contribution in [2.24, 2.45) is 5.73 Å². The van der Waals surface area contributed by atoms with E-state index in [0.717, 1.165) is 36.6 Å². The zero-order valence-corrected chi connectivity index (χ0v) is 9.27. The predicted molar refractivity (Wildman–Crippen MR) is 57.2 cm³/mol. The second-order valence-electron chi connectivity index (χ2n) is 3.84. The Morgan fingerprint density at radius 3 is 3.07 bits per heavy atom. The molecule has 0 amide bonds. The van der Waals surface area contributed by atoms with Crippen molar-refractivity contribution < 1.29 is 4.74 Å². The first-order valence-electron chi connectivity index (χ1n) is 5.06. The van der Waals surface area contributed by atoms with Gasteiger partial charge in [0.05, 0.1) is 17.8 Å². The van der Waals surface area contributed by atoms with Crippen molar-refractivity contribution in [3.8, 4) is 0 Å². The van der Waals surface area contributed by atoms with Crippen LogP contribution < -0.4 is 5.73 Å². The number of thiazole rings is 1. The summed E-state index contributed by atoms with van der Waals surface area (Å²) in [7, 11) is 0. The van der Waals surface area contributed by atoms with Crippen molar-refractivity contribution in [1.82, 2.24) is 4.98 Å². The van der Waals surface area contributed by atoms with Crippen LogP contribution in [0.4, 0.5) is 0 Å². The Balaban J connectivity index is 1.90. The van der Waals surface area contributed by atoms with Crippen molar-refractivity contribution in [2.45, 2.75) is 38.3 Å². The molecule has 14 heavy (non-hydrogen) atoms. The van der Waals surface area contributed by atoms with E-state index in [2.05, 4.69) is 17.3 Å². The molecule has 1 aliphatic carbocycles. The Labute approximate surface area is 88.3 Å². The number of aromatic nitrogens is 1. The van der Waals surface area contributed by atoms with E-state index in [1.165, 1.54) is 0 Å². The monoisotopic (exact) mass is 212 g/mol. The van der Waals surface area contributed by atoms with Crippen LogP contribution in [0, 0.1) is 0 Å². The fourth-order valence-corrected chi connectivity index (χ4v) is 2.14. The van der Waals surface area contributed by atoms with Crippen LogP contribution in [0.15, 0.2) is 5.38 Å². The van der Waals surface area contributed by atoms with Crippen molar-refractivity contribution in [2.75, 3.05) is 6.61 Å². The fourth-order valence-electron chi connectivity index (χ4n) is 1.30. The van der Waals surface area contributed by atoms with Gasteiger partial charge in [-0.3, -0.25) is 0 Å². The molecule has 0 atom stereocenters. The van der Waals surface area contributed by atoms with Gasteiger partial charge in [-0.1, -0.05) is 6.92 Å². The summed E-state index contributed by atoms with van der Waals surface area (Å²) in [4.78, 5) is 4.48. The van der Waals surface area contributed by atoms with Crippen LogP contribution in [0.5, 0.6) is 0 Å². The van der Waals surface area contributed by atoms with E-state index >= 15 is 0 Å². The van der Waals surface area contributed by atoms with Gasteiger partial charge in [0.25, 0.3) is 0 Å². The van der Waals surface area contributed by atoms with Gasteiger partial charge in [-0.05, 0) is 19.3 Å². The highest BCUT2D eigenvalue weighted by atomic mass is 32.1. The molecule has 2 N–H and O–H groups in total. The Morgan fingerprint density at radius 2 is 2.43 bits per heavy atom. The number of ether oxygens (including phenoxy) is 1. The van der Waals surface area contributed by atoms with E-state index in [4.69, 9.17) is 10.5 Å². The molecule has 1 aliphatic rings. The lowest BCUT2D eigenvalue weighted by atomic mass is 10.2. The summed E-state index contributed by atoms with van der Waals surface area (Å²) in [5.74, 6) is 0. The third-order valence-corrected chi connectivity index (χ3v) is 3.25. The van der Waals surface area contributed by atoms with Gasteiger partial charge in [0, 0.05) is 12.0 Å². The molecule has 4 heteroatoms. The summed E-state index contributed by atoms with van der Waals surface area (Å²) < 4.78 is 5.42. The predicted octanol–water partition coefficient (Wildman–Crippen LogP) is 2.02. The van der Waals surface area contributed by atoms with Crippen LogP contribution in [0.25, 0.3) is 0 Å². The van der Waals surface area contributed by atoms with Gasteiger partial charge in [0.15, 0.2) is 0 Å². The van der Waals surface area contributed by atoms with E-state index in [1.807, 2.05) is 0 Å². The van der Waals surface area contributed by atoms with Crippen molar-refractivity contribution >= 4 is 11.3 Å². The molecule has 0 radical (unpaired) electrons. The van der Waals surface area contributed by atoms with Crippen molar-refractivity contribution in [3.05, 3.63) is 16.1 Å². The first kappa shape index (κ1) is 10.1. The van der Waals surface area contributed by atoms with Crippen LogP contribution >= 0.6 is 11.3 Å². The normalized spacial score (nSPS) is 18.4. The van der Waals surface area contributed by atoms with E-state index < -0.39 is 0 Å². The largest absolute Gasteiger partial charge is 0.374 e. The van der Waals surface area contributed by atoms with Crippen LogP contribution in [-0.4, -0.2) is 11.6 Å². The molecule has 1 aromatic heterocycles. The molecule has 1 aromatic rings. The zero-order chi connectivity index (χ0) is 10.0. The van der Waals surface area contributed by atoms with E-state index in [0.29, 0.717) is 6.61 Å². The minimum Gasteiger partial charge on any atom is -0.374 e. The van der Waals surface area contributed by atoms with E-state index in [9.17, 15) is 0 Å². The Kier molecular flexibility index (Phi) is 2.85. The second-order valence-corrected chi connectivity index (χ2v) is 4.78. The second kappa shape index (κ2) is 3.96. The highest BCUT2D eigenvalue weighted by molar-refractivity contribution is 7.09. The first-order valence-corrected chi connectivity index (χ1v) is 5.94. The third-order valence-electron chi connectivity index (χ3n) is 2.42. The van der Waals surface area contributed by atoms with Crippen molar-refractivity contribution in [1.29, 1.82) is 0 Å². The van der Waals surface area contributed by atoms with Crippen LogP contribution in [-0.2, 0) is 16.9 Å². The Morgan fingerprint density at radius 1 is 1.64 bits per heavy atom. The Hall–Kier alpha value is -0.450. The molecule has 0 aromatic carbocycles. The molecule has 0 bridgehead atoms. The molecule has 2 rings (SSSR count). The number of nitrogens with two attached hydrogens (primary N) is 1. The van der Waals surface area contributed by atoms with Gasteiger partial charge in [-0.2, -0.15) is 0 Å². The average Bonchev–Trinajstić information content (AvgIpc) is 2.76. The number of nitrogens with zero attached hydrogens (tertiary/aromatic N) is 1. The van der Waals surface area contributed by atoms with Gasteiger partial charge in [-0.15, -0.1) is 11.3 Å². The average molecular weight is 212 g/mol. The summed E-state index contributed by atoms with van der Waals surface area (Å²) in [5.41, 5.74) is 7.00.